The van der Waals surface area contributed by atoms with Crippen molar-refractivity contribution in [2.75, 3.05) is 24.5 Å². The number of nitrogens with zero attached hydrogens (tertiary/aromatic N) is 2. The monoisotopic (exact) mass is 369 g/mol. The van der Waals surface area contributed by atoms with E-state index in [1.165, 1.54) is 4.90 Å². The number of halogens is 2. The molecule has 0 radical (unpaired) electrons. The summed E-state index contributed by atoms with van der Waals surface area (Å²) >= 11 is 12.6. The highest BCUT2D eigenvalue weighted by molar-refractivity contribution is 6.37. The van der Waals surface area contributed by atoms with Gasteiger partial charge in [0.1, 0.15) is 6.54 Å². The minimum absolute atomic E-state index is 0.0817. The van der Waals surface area contributed by atoms with Crippen LogP contribution in [0.5, 0.6) is 0 Å². The predicted molar refractivity (Wildman–Crippen MR) is 91.6 cm³/mol. The van der Waals surface area contributed by atoms with E-state index in [1.54, 1.807) is 11.0 Å². The quantitative estimate of drug-likeness (QED) is 0.870. The summed E-state index contributed by atoms with van der Waals surface area (Å²) in [5, 5.41) is 3.33. The van der Waals surface area contributed by atoms with Gasteiger partial charge in [0.2, 0.25) is 11.8 Å². The first-order chi connectivity index (χ1) is 11.4. The number of benzene rings is 1. The number of carbonyl (C=O) groups excluding carboxylic acids is 3. The molecule has 6 nitrogen and oxygen atoms in total. The summed E-state index contributed by atoms with van der Waals surface area (Å²) in [7, 11) is 0. The van der Waals surface area contributed by atoms with Gasteiger partial charge in [0.05, 0.1) is 5.02 Å². The summed E-state index contributed by atoms with van der Waals surface area (Å²) < 4.78 is 0. The van der Waals surface area contributed by atoms with Crippen LogP contribution in [-0.2, 0) is 16.0 Å². The van der Waals surface area contributed by atoms with Crippen LogP contribution in [0.25, 0.3) is 0 Å². The van der Waals surface area contributed by atoms with Crippen LogP contribution in [0, 0.1) is 6.92 Å². The average molecular weight is 370 g/mol. The molecule has 1 aromatic carbocycles. The normalized spacial score (nSPS) is 17.6. The third-order valence-corrected chi connectivity index (χ3v) is 5.30. The first kappa shape index (κ1) is 17.0. The number of rotatable bonds is 2. The molecule has 0 bridgehead atoms. The highest BCUT2D eigenvalue weighted by Crippen LogP contribution is 2.38. The Morgan fingerprint density at radius 1 is 1.25 bits per heavy atom. The second kappa shape index (κ2) is 6.61. The van der Waals surface area contributed by atoms with Gasteiger partial charge in [-0.25, -0.2) is 4.79 Å². The Morgan fingerprint density at radius 3 is 2.71 bits per heavy atom. The number of urea groups is 1. The van der Waals surface area contributed by atoms with Crippen molar-refractivity contribution in [1.82, 2.24) is 10.2 Å². The van der Waals surface area contributed by atoms with Crippen LogP contribution in [0.1, 0.15) is 24.0 Å². The van der Waals surface area contributed by atoms with Crippen LogP contribution in [0.15, 0.2) is 6.07 Å². The van der Waals surface area contributed by atoms with Gasteiger partial charge < -0.3 is 9.80 Å². The molecule has 2 heterocycles. The minimum atomic E-state index is -0.531. The molecule has 3 rings (SSSR count). The van der Waals surface area contributed by atoms with Crippen molar-refractivity contribution in [3.63, 3.8) is 0 Å². The summed E-state index contributed by atoms with van der Waals surface area (Å²) in [5.74, 6) is -0.530. The molecule has 0 aromatic heterocycles. The largest absolute Gasteiger partial charge is 0.324 e. The van der Waals surface area contributed by atoms with E-state index < -0.39 is 6.03 Å². The Bertz CT molecular complexity index is 736. The van der Waals surface area contributed by atoms with Gasteiger partial charge in [-0.05, 0) is 37.0 Å². The van der Waals surface area contributed by atoms with E-state index in [4.69, 9.17) is 23.2 Å². The van der Waals surface area contributed by atoms with Gasteiger partial charge >= 0.3 is 6.03 Å². The highest BCUT2D eigenvalue weighted by atomic mass is 35.5. The number of fused-ring (bicyclic) bond motifs is 1. The molecule has 0 spiro atoms. The van der Waals surface area contributed by atoms with E-state index in [-0.39, 0.29) is 31.3 Å². The van der Waals surface area contributed by atoms with E-state index in [1.807, 2.05) is 6.92 Å². The molecule has 8 heteroatoms. The number of hydrogen-bond acceptors (Lipinski definition) is 3. The van der Waals surface area contributed by atoms with Crippen LogP contribution in [-0.4, -0.2) is 42.4 Å². The van der Waals surface area contributed by atoms with Gasteiger partial charge in [-0.15, -0.1) is 0 Å². The molecule has 1 saturated heterocycles. The Kier molecular flexibility index (Phi) is 4.69. The zero-order valence-electron chi connectivity index (χ0n) is 13.2. The van der Waals surface area contributed by atoms with Gasteiger partial charge in [-0.3, -0.25) is 14.9 Å². The van der Waals surface area contributed by atoms with E-state index >= 15 is 0 Å². The van der Waals surface area contributed by atoms with Gasteiger partial charge in [-0.1, -0.05) is 23.2 Å². The molecule has 1 fully saturated rings. The predicted octanol–water partition coefficient (Wildman–Crippen LogP) is 2.52. The van der Waals surface area contributed by atoms with Crippen molar-refractivity contribution in [1.29, 1.82) is 0 Å². The smallest absolute Gasteiger partial charge is 0.315 e. The maximum atomic E-state index is 12.7. The minimum Gasteiger partial charge on any atom is -0.315 e. The second-order valence-electron chi connectivity index (χ2n) is 5.97. The standard InChI is InChI=1S/C16H17Cl2N3O3/c1-9-11(17)7-12-10(15(9)18)3-2-5-21(12)14(23)8-20-6-4-13(22)19-16(20)24/h7H,2-6,8H2,1H3,(H,19,22,24). The first-order valence-corrected chi connectivity index (χ1v) is 8.50. The number of amides is 4. The van der Waals surface area contributed by atoms with Crippen molar-refractivity contribution >= 4 is 46.7 Å². The van der Waals surface area contributed by atoms with Crippen LogP contribution in [0.2, 0.25) is 10.0 Å². The summed E-state index contributed by atoms with van der Waals surface area (Å²) in [6.45, 7) is 2.56. The Hall–Kier alpha value is -1.79. The van der Waals surface area contributed by atoms with Crippen LogP contribution >= 0.6 is 23.2 Å². The van der Waals surface area contributed by atoms with Gasteiger partial charge in [0, 0.05) is 30.2 Å². The summed E-state index contributed by atoms with van der Waals surface area (Å²) in [5.41, 5.74) is 2.43. The molecule has 2 aliphatic rings. The fraction of sp³-hybridized carbons (Fsp3) is 0.438. The molecule has 2 aliphatic heterocycles. The van der Waals surface area contributed by atoms with E-state index in [0.717, 1.165) is 24.0 Å². The summed E-state index contributed by atoms with van der Waals surface area (Å²) in [6, 6.07) is 1.23. The number of nitrogens with one attached hydrogen (secondary N) is 1. The zero-order valence-corrected chi connectivity index (χ0v) is 14.7. The van der Waals surface area contributed by atoms with Gasteiger partial charge in [-0.2, -0.15) is 0 Å². The lowest BCUT2D eigenvalue weighted by Gasteiger charge is -2.33. The second-order valence-corrected chi connectivity index (χ2v) is 6.75. The fourth-order valence-corrected chi connectivity index (χ4v) is 3.57. The molecule has 1 aromatic rings. The molecule has 128 valence electrons. The lowest BCUT2D eigenvalue weighted by molar-refractivity contribution is -0.124. The Labute approximate surface area is 149 Å². The SMILES string of the molecule is Cc1c(Cl)cc2c(c1Cl)CCCN2C(=O)CN1CCC(=O)NC1=O. The maximum Gasteiger partial charge on any atom is 0.324 e. The number of hydrogen-bond donors (Lipinski definition) is 1. The number of imide groups is 1. The van der Waals surface area contributed by atoms with Crippen LogP contribution in [0.3, 0.4) is 0 Å². The third kappa shape index (κ3) is 3.08. The van der Waals surface area contributed by atoms with Crippen molar-refractivity contribution in [3.8, 4) is 0 Å². The molecular weight excluding hydrogens is 353 g/mol. The third-order valence-electron chi connectivity index (χ3n) is 4.39. The van der Waals surface area contributed by atoms with Crippen molar-refractivity contribution < 1.29 is 14.4 Å². The van der Waals surface area contributed by atoms with Crippen molar-refractivity contribution in [3.05, 3.63) is 27.2 Å². The molecule has 0 saturated carbocycles. The lowest BCUT2D eigenvalue weighted by Crippen LogP contribution is -2.53. The van der Waals surface area contributed by atoms with Crippen molar-refractivity contribution in [2.45, 2.75) is 26.2 Å². The summed E-state index contributed by atoms with van der Waals surface area (Å²) in [6.07, 6.45) is 1.78. The number of anilines is 1. The fourth-order valence-electron chi connectivity index (χ4n) is 3.03. The van der Waals surface area contributed by atoms with E-state index in [2.05, 4.69) is 5.32 Å². The molecule has 0 unspecified atom stereocenters. The first-order valence-electron chi connectivity index (χ1n) is 7.75. The number of carbonyl (C=O) groups is 3. The van der Waals surface area contributed by atoms with Crippen LogP contribution < -0.4 is 10.2 Å². The van der Waals surface area contributed by atoms with Gasteiger partial charge in [0.15, 0.2) is 0 Å². The molecule has 24 heavy (non-hydrogen) atoms. The molecule has 1 N–H and O–H groups in total. The molecule has 0 aliphatic carbocycles. The van der Waals surface area contributed by atoms with E-state index in [0.29, 0.717) is 22.3 Å². The Balaban J connectivity index is 1.83. The highest BCUT2D eigenvalue weighted by Gasteiger charge is 2.30. The molecule has 0 atom stereocenters. The lowest BCUT2D eigenvalue weighted by atomic mass is 9.99. The van der Waals surface area contributed by atoms with Crippen LogP contribution in [0.4, 0.5) is 10.5 Å². The van der Waals surface area contributed by atoms with Gasteiger partial charge in [0.25, 0.3) is 0 Å². The summed E-state index contributed by atoms with van der Waals surface area (Å²) in [4.78, 5) is 38.7. The van der Waals surface area contributed by atoms with Crippen molar-refractivity contribution in [2.24, 2.45) is 0 Å². The topological polar surface area (TPSA) is 69.7 Å². The maximum absolute atomic E-state index is 12.7. The molecular formula is C16H17Cl2N3O3. The van der Waals surface area contributed by atoms with E-state index in [9.17, 15) is 14.4 Å². The zero-order chi connectivity index (χ0) is 17.4. The molecule has 4 amide bonds. The Morgan fingerprint density at radius 2 is 2.00 bits per heavy atom. The average Bonchev–Trinajstić information content (AvgIpc) is 2.55.